The molecular formula is C79H140O17P2. The molecule has 0 radical (unpaired) electrons. The number of unbranched alkanes of at least 4 members (excludes halogenated alkanes) is 33. The highest BCUT2D eigenvalue weighted by Crippen LogP contribution is 2.45. The van der Waals surface area contributed by atoms with Gasteiger partial charge < -0.3 is 33.8 Å². The topological polar surface area (TPSA) is 237 Å². The normalized spacial score (nSPS) is 14.4. The summed E-state index contributed by atoms with van der Waals surface area (Å²) in [6, 6.07) is 0. The van der Waals surface area contributed by atoms with Gasteiger partial charge in [0.2, 0.25) is 0 Å². The van der Waals surface area contributed by atoms with E-state index in [1.807, 2.05) is 0 Å². The third kappa shape index (κ3) is 70.7. The third-order valence-corrected chi connectivity index (χ3v) is 18.2. The second kappa shape index (κ2) is 71.6. The molecular weight excluding hydrogens is 1280 g/mol. The second-order valence-electron chi connectivity index (χ2n) is 25.9. The molecule has 0 spiro atoms. The van der Waals surface area contributed by atoms with Gasteiger partial charge in [-0.2, -0.15) is 0 Å². The van der Waals surface area contributed by atoms with Crippen molar-refractivity contribution in [2.45, 2.75) is 354 Å². The number of carbonyl (C=O) groups is 4. The minimum absolute atomic E-state index is 0.0834. The Morgan fingerprint density at radius 2 is 0.531 bits per heavy atom. The van der Waals surface area contributed by atoms with Crippen LogP contribution in [-0.4, -0.2) is 96.7 Å². The lowest BCUT2D eigenvalue weighted by atomic mass is 10.0. The highest BCUT2D eigenvalue weighted by molar-refractivity contribution is 7.47. The van der Waals surface area contributed by atoms with Gasteiger partial charge in [-0.15, -0.1) is 0 Å². The molecule has 5 unspecified atom stereocenters. The molecule has 3 N–H and O–H groups in total. The van der Waals surface area contributed by atoms with Gasteiger partial charge in [0.05, 0.1) is 26.4 Å². The summed E-state index contributed by atoms with van der Waals surface area (Å²) in [7, 11) is -9.95. The Morgan fingerprint density at radius 1 is 0.296 bits per heavy atom. The molecule has 19 heteroatoms. The van der Waals surface area contributed by atoms with E-state index in [1.54, 1.807) is 0 Å². The molecule has 0 saturated heterocycles. The fraction of sp³-hybridized carbons (Fsp3) is 0.772. The summed E-state index contributed by atoms with van der Waals surface area (Å²) in [5, 5.41) is 10.6. The molecule has 98 heavy (non-hydrogen) atoms. The number of allylic oxidation sites excluding steroid dienone is 14. The Balaban J connectivity index is 5.35. The average Bonchev–Trinajstić information content (AvgIpc) is 0.969. The van der Waals surface area contributed by atoms with Gasteiger partial charge in [-0.25, -0.2) is 9.13 Å². The van der Waals surface area contributed by atoms with Crippen LogP contribution < -0.4 is 0 Å². The molecule has 0 saturated carbocycles. The Bertz CT molecular complexity index is 2190. The van der Waals surface area contributed by atoms with Crippen molar-refractivity contribution < 1.29 is 80.2 Å². The molecule has 0 aromatic rings. The molecule has 5 atom stereocenters. The van der Waals surface area contributed by atoms with E-state index >= 15 is 0 Å². The molecule has 0 aromatic heterocycles. The predicted octanol–water partition coefficient (Wildman–Crippen LogP) is 22.2. The predicted molar refractivity (Wildman–Crippen MR) is 399 cm³/mol. The van der Waals surface area contributed by atoms with Crippen molar-refractivity contribution in [3.05, 3.63) is 85.1 Å². The molecule has 568 valence electrons. The van der Waals surface area contributed by atoms with Crippen LogP contribution in [0.2, 0.25) is 0 Å². The number of carbonyl (C=O) groups excluding carboxylic acids is 4. The van der Waals surface area contributed by atoms with Crippen LogP contribution in [0.15, 0.2) is 85.1 Å². The average molecular weight is 1420 g/mol. The quantitative estimate of drug-likeness (QED) is 0.0169. The zero-order valence-corrected chi connectivity index (χ0v) is 63.7. The van der Waals surface area contributed by atoms with Crippen LogP contribution in [0.25, 0.3) is 0 Å². The minimum Gasteiger partial charge on any atom is -0.462 e. The first-order valence-corrected chi connectivity index (χ1v) is 41.8. The summed E-state index contributed by atoms with van der Waals surface area (Å²) in [6.07, 6.45) is 72.8. The third-order valence-electron chi connectivity index (χ3n) is 16.3. The first kappa shape index (κ1) is 94.2. The molecule has 0 fully saturated rings. The Labute approximate surface area is 595 Å². The molecule has 17 nitrogen and oxygen atoms in total. The molecule has 0 rings (SSSR count). The molecule has 0 aliphatic carbocycles. The van der Waals surface area contributed by atoms with Crippen molar-refractivity contribution in [2.75, 3.05) is 39.6 Å². The van der Waals surface area contributed by atoms with E-state index in [1.165, 1.54) is 96.3 Å². The van der Waals surface area contributed by atoms with E-state index in [-0.39, 0.29) is 25.7 Å². The molecule has 0 amide bonds. The van der Waals surface area contributed by atoms with Crippen LogP contribution in [0, 0.1) is 0 Å². The van der Waals surface area contributed by atoms with Crippen LogP contribution in [-0.2, 0) is 65.4 Å². The lowest BCUT2D eigenvalue weighted by Crippen LogP contribution is -2.30. The summed E-state index contributed by atoms with van der Waals surface area (Å²) in [5.41, 5.74) is 0. The number of hydrogen-bond donors (Lipinski definition) is 3. The van der Waals surface area contributed by atoms with Crippen LogP contribution in [0.5, 0.6) is 0 Å². The Kier molecular flexibility index (Phi) is 68.9. The number of esters is 4. The van der Waals surface area contributed by atoms with Gasteiger partial charge in [-0.1, -0.05) is 273 Å². The van der Waals surface area contributed by atoms with Crippen molar-refractivity contribution in [3.8, 4) is 0 Å². The van der Waals surface area contributed by atoms with Crippen LogP contribution in [0.4, 0.5) is 0 Å². The number of aliphatic hydroxyl groups is 1. The molecule has 0 aromatic carbocycles. The second-order valence-corrected chi connectivity index (χ2v) is 28.8. The van der Waals surface area contributed by atoms with Crippen LogP contribution in [0.1, 0.15) is 336 Å². The summed E-state index contributed by atoms with van der Waals surface area (Å²) < 4.78 is 68.5. The van der Waals surface area contributed by atoms with E-state index in [0.29, 0.717) is 25.7 Å². The lowest BCUT2D eigenvalue weighted by molar-refractivity contribution is -0.161. The van der Waals surface area contributed by atoms with Gasteiger partial charge in [0.15, 0.2) is 12.2 Å². The van der Waals surface area contributed by atoms with Gasteiger partial charge in [0.25, 0.3) is 0 Å². The first-order valence-electron chi connectivity index (χ1n) is 38.8. The standard InChI is InChI=1S/C79H140O17P2/c1-5-9-13-17-21-25-29-33-35-36-38-42-44-48-52-56-60-64-77(82)90-70-75(96-79(84)66-62-58-54-50-46-40-32-28-24-20-16-12-8-4)72-94-98(87,88)92-68-73(80)67-91-97(85,86)93-71-74(95-78(83)65-61-57-53-49-45-39-31-27-23-19-15-11-7-3)69-89-76(81)63-59-55-51-47-43-41-37-34-30-26-22-18-14-10-6-2/h9,13,21-22,25-27,31,33-35,37-38,42,73-75,80H,5-8,10-12,14-20,23-24,28-30,32,36,39-41,43-72H2,1-4H3,(H,85,86)(H,87,88)/b13-9-,25-21-,26-22-,31-27-,35-33-,37-34-,42-38-. The number of aliphatic hydroxyl groups excluding tert-OH is 1. The fourth-order valence-electron chi connectivity index (χ4n) is 10.4. The van der Waals surface area contributed by atoms with Gasteiger partial charge >= 0.3 is 39.5 Å². The van der Waals surface area contributed by atoms with Crippen LogP contribution >= 0.6 is 15.6 Å². The zero-order valence-electron chi connectivity index (χ0n) is 62.0. The highest BCUT2D eigenvalue weighted by Gasteiger charge is 2.30. The van der Waals surface area contributed by atoms with E-state index in [9.17, 15) is 43.2 Å². The van der Waals surface area contributed by atoms with Crippen molar-refractivity contribution in [1.29, 1.82) is 0 Å². The Morgan fingerprint density at radius 3 is 0.857 bits per heavy atom. The Hall–Kier alpha value is -3.76. The van der Waals surface area contributed by atoms with E-state index < -0.39 is 97.5 Å². The fourth-order valence-corrected chi connectivity index (χ4v) is 12.0. The minimum atomic E-state index is -4.98. The van der Waals surface area contributed by atoms with Gasteiger partial charge in [-0.3, -0.25) is 37.3 Å². The van der Waals surface area contributed by atoms with Crippen molar-refractivity contribution in [3.63, 3.8) is 0 Å². The molecule has 0 heterocycles. The van der Waals surface area contributed by atoms with Gasteiger partial charge in [-0.05, 0) is 122 Å². The van der Waals surface area contributed by atoms with E-state index in [0.717, 1.165) is 161 Å². The zero-order chi connectivity index (χ0) is 71.8. The molecule has 0 aliphatic rings. The van der Waals surface area contributed by atoms with Crippen LogP contribution in [0.3, 0.4) is 0 Å². The van der Waals surface area contributed by atoms with Crippen molar-refractivity contribution in [2.24, 2.45) is 0 Å². The highest BCUT2D eigenvalue weighted by atomic mass is 31.2. The lowest BCUT2D eigenvalue weighted by Gasteiger charge is -2.21. The smallest absolute Gasteiger partial charge is 0.462 e. The summed E-state index contributed by atoms with van der Waals surface area (Å²) in [4.78, 5) is 72.9. The molecule has 0 bridgehead atoms. The number of phosphoric acid groups is 2. The van der Waals surface area contributed by atoms with Gasteiger partial charge in [0.1, 0.15) is 19.3 Å². The monoisotopic (exact) mass is 1420 g/mol. The number of phosphoric ester groups is 2. The maximum atomic E-state index is 13.1. The van der Waals surface area contributed by atoms with Crippen molar-refractivity contribution in [1.82, 2.24) is 0 Å². The van der Waals surface area contributed by atoms with E-state index in [4.69, 9.17) is 37.0 Å². The SMILES string of the molecule is CC/C=C\C/C=C\C/C=C\C/C=C\CCCCCCC(=O)OCC(COP(=O)(O)OCC(O)COP(=O)(O)OCC(COC(=O)CCCCCCC/C=C\C/C=C\CCCCC)OC(=O)CCCCCCC/C=C\CCCCCC)OC(=O)CCCCCCCCCCCCCCC. The number of rotatable bonds is 73. The molecule has 0 aliphatic heterocycles. The number of ether oxygens (including phenoxy) is 4. The van der Waals surface area contributed by atoms with Gasteiger partial charge in [0, 0.05) is 25.7 Å². The van der Waals surface area contributed by atoms with E-state index in [2.05, 4.69) is 113 Å². The maximum Gasteiger partial charge on any atom is 0.472 e. The summed E-state index contributed by atoms with van der Waals surface area (Å²) >= 11 is 0. The number of hydrogen-bond acceptors (Lipinski definition) is 15. The van der Waals surface area contributed by atoms with Crippen molar-refractivity contribution >= 4 is 39.5 Å². The summed E-state index contributed by atoms with van der Waals surface area (Å²) in [5.74, 6) is -2.21. The summed E-state index contributed by atoms with van der Waals surface area (Å²) in [6.45, 7) is 4.70. The first-order chi connectivity index (χ1) is 47.7. The maximum absolute atomic E-state index is 13.1. The largest absolute Gasteiger partial charge is 0.472 e.